The number of aryl methyl sites for hydroxylation is 1. The maximum atomic E-state index is 14.5. The van der Waals surface area contributed by atoms with Gasteiger partial charge in [-0.25, -0.2) is 8.70 Å². The number of nitrogens with one attached hydrogen (secondary N) is 1. The molecular formula is C24H26FN3O3S. The van der Waals surface area contributed by atoms with Crippen molar-refractivity contribution in [3.8, 4) is 0 Å². The van der Waals surface area contributed by atoms with Gasteiger partial charge in [-0.05, 0) is 35.7 Å². The lowest BCUT2D eigenvalue weighted by molar-refractivity contribution is -0.120. The molecule has 6 nitrogen and oxygen atoms in total. The smallest absolute Gasteiger partial charge is 0.304 e. The van der Waals surface area contributed by atoms with Crippen LogP contribution >= 0.6 is 0 Å². The first-order valence-corrected chi connectivity index (χ1v) is 11.5. The fourth-order valence-corrected chi connectivity index (χ4v) is 4.45. The minimum Gasteiger partial charge on any atom is -0.344 e. The normalized spacial score (nSPS) is 12.4. The lowest BCUT2D eigenvalue weighted by Gasteiger charge is -2.28. The molecule has 1 unspecified atom stereocenters. The van der Waals surface area contributed by atoms with Crippen LogP contribution < -0.4 is 9.62 Å². The highest BCUT2D eigenvalue weighted by Gasteiger charge is 2.30. The van der Waals surface area contributed by atoms with Crippen molar-refractivity contribution in [2.75, 3.05) is 24.9 Å². The van der Waals surface area contributed by atoms with Crippen LogP contribution in [0.4, 0.5) is 10.1 Å². The molecule has 3 rings (SSSR count). The van der Waals surface area contributed by atoms with E-state index in [0.29, 0.717) is 0 Å². The summed E-state index contributed by atoms with van der Waals surface area (Å²) in [4.78, 5) is 13.1. The summed E-state index contributed by atoms with van der Waals surface area (Å²) in [6, 6.07) is 22.0. The molecule has 0 aromatic heterocycles. The molecule has 0 fully saturated rings. The molecule has 1 atom stereocenters. The standard InChI is InChI=1S/C24H26FN3O3S/c1-18-11-7-8-14-20(18)24(19-12-5-4-6-13-19)26-23(29)17-28(32(30,31)27(2)3)22-16-10-9-15-21(22)25/h4-16,24H,17H2,1-3H3,(H,26,29). The molecule has 0 heterocycles. The minimum atomic E-state index is -4.12. The van der Waals surface area contributed by atoms with Crippen LogP contribution in [0.2, 0.25) is 0 Å². The monoisotopic (exact) mass is 455 g/mol. The maximum absolute atomic E-state index is 14.5. The molecule has 3 aromatic carbocycles. The third-order valence-electron chi connectivity index (χ3n) is 5.09. The second-order valence-electron chi connectivity index (χ2n) is 7.52. The molecule has 0 spiro atoms. The zero-order valence-electron chi connectivity index (χ0n) is 18.2. The third-order valence-corrected chi connectivity index (χ3v) is 6.89. The molecule has 0 radical (unpaired) electrons. The van der Waals surface area contributed by atoms with E-state index < -0.39 is 34.5 Å². The van der Waals surface area contributed by atoms with Crippen molar-refractivity contribution in [2.24, 2.45) is 0 Å². The number of anilines is 1. The Hall–Kier alpha value is -3.23. The van der Waals surface area contributed by atoms with Gasteiger partial charge in [0.2, 0.25) is 5.91 Å². The fraction of sp³-hybridized carbons (Fsp3) is 0.208. The van der Waals surface area contributed by atoms with E-state index in [0.717, 1.165) is 31.4 Å². The van der Waals surface area contributed by atoms with Gasteiger partial charge in [0, 0.05) is 14.1 Å². The molecule has 0 aliphatic heterocycles. The summed E-state index contributed by atoms with van der Waals surface area (Å²) < 4.78 is 42.0. The number of hydrogen-bond donors (Lipinski definition) is 1. The van der Waals surface area contributed by atoms with E-state index in [1.54, 1.807) is 0 Å². The van der Waals surface area contributed by atoms with E-state index in [4.69, 9.17) is 0 Å². The van der Waals surface area contributed by atoms with Gasteiger partial charge in [0.05, 0.1) is 11.7 Å². The van der Waals surface area contributed by atoms with Gasteiger partial charge in [-0.1, -0.05) is 66.7 Å². The fourth-order valence-electron chi connectivity index (χ4n) is 3.38. The number of para-hydroxylation sites is 1. The van der Waals surface area contributed by atoms with Gasteiger partial charge in [0.25, 0.3) is 0 Å². The predicted molar refractivity (Wildman–Crippen MR) is 124 cm³/mol. The zero-order chi connectivity index (χ0) is 23.3. The lowest BCUT2D eigenvalue weighted by atomic mass is 9.95. The molecule has 1 N–H and O–H groups in total. The number of amides is 1. The minimum absolute atomic E-state index is 0.191. The highest BCUT2D eigenvalue weighted by Crippen LogP contribution is 2.26. The summed E-state index contributed by atoms with van der Waals surface area (Å²) >= 11 is 0. The van der Waals surface area contributed by atoms with Crippen molar-refractivity contribution in [1.29, 1.82) is 0 Å². The number of benzene rings is 3. The lowest BCUT2D eigenvalue weighted by Crippen LogP contribution is -2.46. The zero-order valence-corrected chi connectivity index (χ0v) is 19.0. The second-order valence-corrected chi connectivity index (χ2v) is 9.58. The van der Waals surface area contributed by atoms with Crippen molar-refractivity contribution in [3.63, 3.8) is 0 Å². The first-order chi connectivity index (χ1) is 15.2. The van der Waals surface area contributed by atoms with Crippen molar-refractivity contribution in [1.82, 2.24) is 9.62 Å². The molecular weight excluding hydrogens is 429 g/mol. The Morgan fingerprint density at radius 2 is 1.53 bits per heavy atom. The Kier molecular flexibility index (Phi) is 7.27. The molecule has 1 amide bonds. The van der Waals surface area contributed by atoms with Gasteiger partial charge in [0.15, 0.2) is 0 Å². The van der Waals surface area contributed by atoms with Gasteiger partial charge >= 0.3 is 10.2 Å². The van der Waals surface area contributed by atoms with Gasteiger partial charge in [-0.2, -0.15) is 12.7 Å². The Bertz CT molecular complexity index is 1180. The Labute approximate surface area is 188 Å². The van der Waals surface area contributed by atoms with E-state index in [9.17, 15) is 17.6 Å². The van der Waals surface area contributed by atoms with Crippen molar-refractivity contribution in [2.45, 2.75) is 13.0 Å². The molecule has 32 heavy (non-hydrogen) atoms. The third kappa shape index (κ3) is 5.15. The number of nitrogens with zero attached hydrogens (tertiary/aromatic N) is 2. The van der Waals surface area contributed by atoms with Gasteiger partial charge in [-0.3, -0.25) is 4.79 Å². The number of carbonyl (C=O) groups excluding carboxylic acids is 1. The molecule has 0 aliphatic rings. The first kappa shape index (κ1) is 23.4. The Balaban J connectivity index is 1.96. The van der Waals surface area contributed by atoms with Crippen LogP contribution in [0.25, 0.3) is 0 Å². The highest BCUT2D eigenvalue weighted by molar-refractivity contribution is 7.90. The second kappa shape index (κ2) is 9.93. The largest absolute Gasteiger partial charge is 0.344 e. The first-order valence-electron chi connectivity index (χ1n) is 10.1. The maximum Gasteiger partial charge on any atom is 0.304 e. The van der Waals surface area contributed by atoms with Gasteiger partial charge in [0.1, 0.15) is 12.4 Å². The number of halogens is 1. The molecule has 0 bridgehead atoms. The number of rotatable bonds is 8. The number of carbonyl (C=O) groups is 1. The summed E-state index contributed by atoms with van der Waals surface area (Å²) in [6.07, 6.45) is 0. The average Bonchev–Trinajstić information content (AvgIpc) is 2.77. The summed E-state index contributed by atoms with van der Waals surface area (Å²) in [5.74, 6) is -1.29. The summed E-state index contributed by atoms with van der Waals surface area (Å²) in [5, 5.41) is 2.94. The van der Waals surface area contributed by atoms with Gasteiger partial charge < -0.3 is 5.32 Å². The van der Waals surface area contributed by atoms with Crippen LogP contribution in [-0.4, -0.2) is 39.3 Å². The van der Waals surface area contributed by atoms with Crippen LogP contribution in [0.15, 0.2) is 78.9 Å². The molecule has 0 saturated heterocycles. The van der Waals surface area contributed by atoms with Crippen LogP contribution in [0.1, 0.15) is 22.7 Å². The predicted octanol–water partition coefficient (Wildman–Crippen LogP) is 3.65. The van der Waals surface area contributed by atoms with Crippen LogP contribution in [0.3, 0.4) is 0 Å². The van der Waals surface area contributed by atoms with Gasteiger partial charge in [-0.15, -0.1) is 0 Å². The van der Waals surface area contributed by atoms with Crippen LogP contribution in [0, 0.1) is 12.7 Å². The van der Waals surface area contributed by atoms with E-state index >= 15 is 0 Å². The summed E-state index contributed by atoms with van der Waals surface area (Å²) in [5.41, 5.74) is 2.53. The molecule has 168 valence electrons. The molecule has 3 aromatic rings. The van der Waals surface area contributed by atoms with Crippen molar-refractivity contribution in [3.05, 3.63) is 101 Å². The Morgan fingerprint density at radius 1 is 0.938 bits per heavy atom. The van der Waals surface area contributed by atoms with E-state index in [-0.39, 0.29) is 5.69 Å². The molecule has 0 aliphatic carbocycles. The quantitative estimate of drug-likeness (QED) is 0.564. The van der Waals surface area contributed by atoms with Crippen molar-refractivity contribution >= 4 is 21.8 Å². The highest BCUT2D eigenvalue weighted by atomic mass is 32.2. The summed E-state index contributed by atoms with van der Waals surface area (Å²) in [6.45, 7) is 1.37. The van der Waals surface area contributed by atoms with E-state index in [2.05, 4.69) is 5.32 Å². The SMILES string of the molecule is Cc1ccccc1C(NC(=O)CN(c1ccccc1F)S(=O)(=O)N(C)C)c1ccccc1. The van der Waals surface area contributed by atoms with E-state index in [1.807, 2.05) is 61.5 Å². The molecule has 0 saturated carbocycles. The number of hydrogen-bond acceptors (Lipinski definition) is 3. The van der Waals surface area contributed by atoms with Crippen LogP contribution in [-0.2, 0) is 15.0 Å². The van der Waals surface area contributed by atoms with Crippen LogP contribution in [0.5, 0.6) is 0 Å². The topological polar surface area (TPSA) is 69.7 Å². The van der Waals surface area contributed by atoms with E-state index in [1.165, 1.54) is 32.3 Å². The average molecular weight is 456 g/mol. The summed E-state index contributed by atoms with van der Waals surface area (Å²) in [7, 11) is -1.45. The Morgan fingerprint density at radius 3 is 2.16 bits per heavy atom. The molecule has 8 heteroatoms. The van der Waals surface area contributed by atoms with Crippen molar-refractivity contribution < 1.29 is 17.6 Å².